The van der Waals surface area contributed by atoms with Crippen LogP contribution in [0.1, 0.15) is 42.6 Å². The zero-order valence-corrected chi connectivity index (χ0v) is 17.2. The lowest BCUT2D eigenvalue weighted by molar-refractivity contribution is -0.255. The summed E-state index contributed by atoms with van der Waals surface area (Å²) in [5.74, 6) is -0.422. The van der Waals surface area contributed by atoms with E-state index in [4.69, 9.17) is 9.47 Å². The van der Waals surface area contributed by atoms with E-state index < -0.39 is 5.97 Å². The van der Waals surface area contributed by atoms with Crippen molar-refractivity contribution in [3.8, 4) is 11.5 Å². The molecule has 0 bridgehead atoms. The molecule has 1 aliphatic rings. The number of nitrogens with zero attached hydrogens (tertiary/aromatic N) is 2. The van der Waals surface area contributed by atoms with Gasteiger partial charge in [-0.2, -0.15) is 10.1 Å². The Morgan fingerprint density at radius 1 is 1.20 bits per heavy atom. The second-order valence-corrected chi connectivity index (χ2v) is 6.81. The van der Waals surface area contributed by atoms with Gasteiger partial charge in [0.2, 0.25) is 0 Å². The first kappa shape index (κ1) is 21.1. The minimum Gasteiger partial charge on any atom is -0.545 e. The molecule has 30 heavy (non-hydrogen) atoms. The molecule has 0 aromatic heterocycles. The SMILES string of the molecule is CCCCOc1ccc(/C=C2/C(=O)N(c3cccc(C(=O)[O-])c3)N=C2C)cc1OC. The molecular formula is C23H23N2O5-. The van der Waals surface area contributed by atoms with Gasteiger partial charge >= 0.3 is 0 Å². The minimum atomic E-state index is -1.31. The standard InChI is InChI=1S/C23H24N2O5/c1-4-5-11-30-20-10-9-16(13-21(20)29-3)12-19-15(2)24-25(22(19)26)18-8-6-7-17(14-18)23(27)28/h6-10,12-14H,4-5,11H2,1-3H3,(H,27,28)/p-1/b19-12+. The van der Waals surface area contributed by atoms with Gasteiger partial charge in [-0.1, -0.05) is 31.5 Å². The number of anilines is 1. The van der Waals surface area contributed by atoms with Crippen LogP contribution in [0.2, 0.25) is 0 Å². The third-order valence-electron chi connectivity index (χ3n) is 4.64. The number of carbonyl (C=O) groups excluding carboxylic acids is 2. The average molecular weight is 407 g/mol. The summed E-state index contributed by atoms with van der Waals surface area (Å²) in [6, 6.07) is 11.4. The molecule has 156 valence electrons. The highest BCUT2D eigenvalue weighted by molar-refractivity contribution is 6.32. The Bertz CT molecular complexity index is 1030. The van der Waals surface area contributed by atoms with Crippen LogP contribution >= 0.6 is 0 Å². The summed E-state index contributed by atoms with van der Waals surface area (Å²) in [6.45, 7) is 4.43. The number of rotatable bonds is 8. The number of hydrogen-bond acceptors (Lipinski definition) is 6. The van der Waals surface area contributed by atoms with Gasteiger partial charge in [-0.05, 0) is 54.8 Å². The van der Waals surface area contributed by atoms with Crippen molar-refractivity contribution in [3.05, 3.63) is 59.2 Å². The zero-order valence-electron chi connectivity index (χ0n) is 17.2. The number of carbonyl (C=O) groups is 2. The number of aromatic carboxylic acids is 1. The molecule has 2 aromatic carbocycles. The van der Waals surface area contributed by atoms with Crippen molar-refractivity contribution in [3.63, 3.8) is 0 Å². The van der Waals surface area contributed by atoms with Gasteiger partial charge in [-0.25, -0.2) is 0 Å². The van der Waals surface area contributed by atoms with Crippen LogP contribution in [0.5, 0.6) is 11.5 Å². The highest BCUT2D eigenvalue weighted by atomic mass is 16.5. The first-order valence-corrected chi connectivity index (χ1v) is 9.68. The Labute approximate surface area is 175 Å². The Morgan fingerprint density at radius 2 is 2.00 bits per heavy atom. The molecule has 0 saturated carbocycles. The summed E-state index contributed by atoms with van der Waals surface area (Å²) in [5, 5.41) is 16.6. The molecule has 2 aromatic rings. The normalized spacial score (nSPS) is 14.8. The number of methoxy groups -OCH3 is 1. The maximum absolute atomic E-state index is 12.9. The molecule has 7 heteroatoms. The van der Waals surface area contributed by atoms with Gasteiger partial charge in [0, 0.05) is 0 Å². The molecular weight excluding hydrogens is 384 g/mol. The molecule has 3 rings (SSSR count). The van der Waals surface area contributed by atoms with Crippen molar-refractivity contribution in [1.82, 2.24) is 0 Å². The van der Waals surface area contributed by atoms with E-state index in [0.29, 0.717) is 35.1 Å². The molecule has 7 nitrogen and oxygen atoms in total. The van der Waals surface area contributed by atoms with Crippen LogP contribution in [0.3, 0.4) is 0 Å². The lowest BCUT2D eigenvalue weighted by Gasteiger charge is -2.13. The van der Waals surface area contributed by atoms with Gasteiger partial charge < -0.3 is 19.4 Å². The molecule has 0 atom stereocenters. The Hall–Kier alpha value is -3.61. The lowest BCUT2D eigenvalue weighted by Crippen LogP contribution is -2.24. The van der Waals surface area contributed by atoms with Crippen LogP contribution in [0, 0.1) is 0 Å². The number of hydrazone groups is 1. The fourth-order valence-electron chi connectivity index (χ4n) is 3.01. The van der Waals surface area contributed by atoms with Crippen molar-refractivity contribution in [2.45, 2.75) is 26.7 Å². The summed E-state index contributed by atoms with van der Waals surface area (Å²) < 4.78 is 11.2. The number of carboxylic acids is 1. The smallest absolute Gasteiger partial charge is 0.280 e. The second-order valence-electron chi connectivity index (χ2n) is 6.81. The number of ether oxygens (including phenoxy) is 2. The molecule has 1 amide bonds. The average Bonchev–Trinajstić information content (AvgIpc) is 3.03. The molecule has 0 fully saturated rings. The van der Waals surface area contributed by atoms with E-state index >= 15 is 0 Å². The van der Waals surface area contributed by atoms with E-state index in [1.165, 1.54) is 17.1 Å². The number of unbranched alkanes of at least 4 members (excludes halogenated alkanes) is 1. The van der Waals surface area contributed by atoms with E-state index in [9.17, 15) is 14.7 Å². The van der Waals surface area contributed by atoms with Crippen LogP contribution < -0.4 is 19.6 Å². The first-order valence-electron chi connectivity index (χ1n) is 9.68. The van der Waals surface area contributed by atoms with Crippen LogP contribution in [0.25, 0.3) is 6.08 Å². The van der Waals surface area contributed by atoms with Crippen LogP contribution in [0.15, 0.2) is 53.1 Å². The summed E-state index contributed by atoms with van der Waals surface area (Å²) in [7, 11) is 1.57. The summed E-state index contributed by atoms with van der Waals surface area (Å²) >= 11 is 0. The van der Waals surface area contributed by atoms with Crippen LogP contribution in [-0.4, -0.2) is 31.3 Å². The Balaban J connectivity index is 1.86. The summed E-state index contributed by atoms with van der Waals surface area (Å²) in [5.41, 5.74) is 2.05. The quantitative estimate of drug-likeness (QED) is 0.495. The van der Waals surface area contributed by atoms with Gasteiger partial charge in [0.25, 0.3) is 5.91 Å². The minimum absolute atomic E-state index is 0.0195. The van der Waals surface area contributed by atoms with Crippen molar-refractivity contribution >= 4 is 29.4 Å². The maximum atomic E-state index is 12.9. The molecule has 0 radical (unpaired) electrons. The van der Waals surface area contributed by atoms with Gasteiger partial charge in [-0.3, -0.25) is 4.79 Å². The van der Waals surface area contributed by atoms with Gasteiger partial charge in [0.05, 0.1) is 36.7 Å². The van der Waals surface area contributed by atoms with E-state index in [1.807, 2.05) is 12.1 Å². The van der Waals surface area contributed by atoms with E-state index in [0.717, 1.165) is 18.4 Å². The van der Waals surface area contributed by atoms with E-state index in [2.05, 4.69) is 12.0 Å². The van der Waals surface area contributed by atoms with E-state index in [-0.39, 0.29) is 11.5 Å². The van der Waals surface area contributed by atoms with Crippen molar-refractivity contribution in [2.75, 3.05) is 18.7 Å². The predicted octanol–water partition coefficient (Wildman–Crippen LogP) is 3.04. The first-order chi connectivity index (χ1) is 14.4. The topological polar surface area (TPSA) is 91.3 Å². The maximum Gasteiger partial charge on any atom is 0.280 e. The number of carboxylic acid groups (broad SMARTS) is 1. The largest absolute Gasteiger partial charge is 0.545 e. The monoisotopic (exact) mass is 407 g/mol. The van der Waals surface area contributed by atoms with Crippen LogP contribution in [-0.2, 0) is 4.79 Å². The van der Waals surface area contributed by atoms with Crippen molar-refractivity contribution < 1.29 is 24.2 Å². The molecule has 0 saturated heterocycles. The third kappa shape index (κ3) is 4.51. The molecule has 1 aliphatic heterocycles. The number of amides is 1. The molecule has 0 unspecified atom stereocenters. The molecule has 0 spiro atoms. The number of hydrogen-bond donors (Lipinski definition) is 0. The highest BCUT2D eigenvalue weighted by Crippen LogP contribution is 2.31. The summed E-state index contributed by atoms with van der Waals surface area (Å²) in [6.07, 6.45) is 3.71. The van der Waals surface area contributed by atoms with Crippen molar-refractivity contribution in [2.24, 2.45) is 5.10 Å². The Kier molecular flexibility index (Phi) is 6.51. The van der Waals surface area contributed by atoms with Crippen molar-refractivity contribution in [1.29, 1.82) is 0 Å². The predicted molar refractivity (Wildman–Crippen MR) is 113 cm³/mol. The fraction of sp³-hybridized carbons (Fsp3) is 0.261. The van der Waals surface area contributed by atoms with Gasteiger partial charge in [0.1, 0.15) is 0 Å². The zero-order chi connectivity index (χ0) is 21.7. The van der Waals surface area contributed by atoms with Gasteiger partial charge in [-0.15, -0.1) is 0 Å². The molecule has 1 heterocycles. The molecule has 0 N–H and O–H groups in total. The number of benzene rings is 2. The second kappa shape index (κ2) is 9.26. The molecule has 0 aliphatic carbocycles. The Morgan fingerprint density at radius 3 is 2.70 bits per heavy atom. The van der Waals surface area contributed by atoms with Crippen LogP contribution in [0.4, 0.5) is 5.69 Å². The summed E-state index contributed by atoms with van der Waals surface area (Å²) in [4.78, 5) is 24.0. The third-order valence-corrected chi connectivity index (χ3v) is 4.64. The van der Waals surface area contributed by atoms with Gasteiger partial charge in [0.15, 0.2) is 11.5 Å². The highest BCUT2D eigenvalue weighted by Gasteiger charge is 2.29. The fourth-order valence-corrected chi connectivity index (χ4v) is 3.01. The van der Waals surface area contributed by atoms with E-state index in [1.54, 1.807) is 38.3 Å². The lowest BCUT2D eigenvalue weighted by atomic mass is 10.1.